The molecular weight excluding hydrogens is 336 g/mol. The quantitative estimate of drug-likeness (QED) is 0.493. The van der Waals surface area contributed by atoms with Crippen LogP contribution in [0.2, 0.25) is 0 Å². The maximum absolute atomic E-state index is 12.3. The molecule has 0 aromatic carbocycles. The SMILES string of the molecule is CCCCOc1nc(N)c2[nH]c(=O)n(Cc3cnc(CNC)cn3)c2n1. The monoisotopic (exact) mass is 358 g/mol. The number of hydrogen-bond donors (Lipinski definition) is 3. The van der Waals surface area contributed by atoms with E-state index in [1.54, 1.807) is 12.4 Å². The molecule has 0 amide bonds. The van der Waals surface area contributed by atoms with Gasteiger partial charge in [0.1, 0.15) is 5.52 Å². The lowest BCUT2D eigenvalue weighted by atomic mass is 10.4. The Balaban J connectivity index is 1.91. The molecule has 10 heteroatoms. The summed E-state index contributed by atoms with van der Waals surface area (Å²) in [5, 5.41) is 3.01. The van der Waals surface area contributed by atoms with Gasteiger partial charge >= 0.3 is 11.7 Å². The molecular formula is C16H22N8O2. The van der Waals surface area contributed by atoms with Gasteiger partial charge in [-0.25, -0.2) is 4.79 Å². The lowest BCUT2D eigenvalue weighted by molar-refractivity contribution is 0.286. The number of nitrogen functional groups attached to an aromatic ring is 1. The standard InChI is InChI=1S/C16H22N8O2/c1-3-4-5-26-15-22-13(17)12-14(23-15)24(16(25)21-12)9-11-8-19-10(6-18-2)7-20-11/h7-8,18H,3-6,9H2,1-2H3,(H,21,25)(H2,17,22,23). The Bertz CT molecular complexity index is 932. The number of H-pyrrole nitrogens is 1. The van der Waals surface area contributed by atoms with E-state index in [0.717, 1.165) is 18.5 Å². The second-order valence-electron chi connectivity index (χ2n) is 5.84. The molecule has 0 atom stereocenters. The Hall–Kier alpha value is -3.01. The summed E-state index contributed by atoms with van der Waals surface area (Å²) >= 11 is 0. The minimum atomic E-state index is -0.340. The molecule has 4 N–H and O–H groups in total. The number of aromatic amines is 1. The molecule has 0 radical (unpaired) electrons. The summed E-state index contributed by atoms with van der Waals surface area (Å²) in [5.74, 6) is 0.174. The molecule has 0 aliphatic carbocycles. The lowest BCUT2D eigenvalue weighted by Gasteiger charge is -2.07. The topological polar surface area (TPSA) is 137 Å². The van der Waals surface area contributed by atoms with E-state index in [2.05, 4.69) is 37.2 Å². The molecule has 3 rings (SSSR count). The Labute approximate surface area is 149 Å². The highest BCUT2D eigenvalue weighted by atomic mass is 16.5. The molecule has 0 aliphatic rings. The summed E-state index contributed by atoms with van der Waals surface area (Å²) in [6.07, 6.45) is 5.19. The first kappa shape index (κ1) is 17.8. The number of fused-ring (bicyclic) bond motifs is 1. The first-order valence-electron chi connectivity index (χ1n) is 8.45. The summed E-state index contributed by atoms with van der Waals surface area (Å²) < 4.78 is 6.97. The van der Waals surface area contributed by atoms with Crippen LogP contribution >= 0.6 is 0 Å². The van der Waals surface area contributed by atoms with Gasteiger partial charge in [0.05, 0.1) is 36.9 Å². The number of nitrogens with one attached hydrogen (secondary N) is 2. The number of imidazole rings is 1. The molecule has 0 aliphatic heterocycles. The summed E-state index contributed by atoms with van der Waals surface area (Å²) in [7, 11) is 1.84. The van der Waals surface area contributed by atoms with Crippen LogP contribution in [-0.2, 0) is 13.1 Å². The first-order chi connectivity index (χ1) is 12.6. The lowest BCUT2D eigenvalue weighted by Crippen LogP contribution is -2.19. The Kier molecular flexibility index (Phi) is 5.42. The zero-order valence-corrected chi connectivity index (χ0v) is 14.8. The van der Waals surface area contributed by atoms with Crippen LogP contribution in [0.15, 0.2) is 17.2 Å². The smallest absolute Gasteiger partial charge is 0.328 e. The number of rotatable bonds is 8. The Morgan fingerprint density at radius 1 is 1.27 bits per heavy atom. The maximum atomic E-state index is 12.3. The zero-order chi connectivity index (χ0) is 18.5. The molecule has 3 aromatic rings. The van der Waals surface area contributed by atoms with E-state index in [4.69, 9.17) is 10.5 Å². The molecule has 0 bridgehead atoms. The second-order valence-corrected chi connectivity index (χ2v) is 5.84. The van der Waals surface area contributed by atoms with Gasteiger partial charge in [0.2, 0.25) is 0 Å². The van der Waals surface area contributed by atoms with Gasteiger partial charge in [0.25, 0.3) is 0 Å². The largest absolute Gasteiger partial charge is 0.463 e. The van der Waals surface area contributed by atoms with E-state index in [-0.39, 0.29) is 24.1 Å². The van der Waals surface area contributed by atoms with Crippen molar-refractivity contribution in [3.05, 3.63) is 34.3 Å². The van der Waals surface area contributed by atoms with Gasteiger partial charge in [-0.3, -0.25) is 14.5 Å². The van der Waals surface area contributed by atoms with Crippen molar-refractivity contribution in [3.8, 4) is 6.01 Å². The fourth-order valence-electron chi connectivity index (χ4n) is 2.45. The first-order valence-corrected chi connectivity index (χ1v) is 8.45. The summed E-state index contributed by atoms with van der Waals surface area (Å²) in [5.41, 5.74) is 7.83. The fraction of sp³-hybridized carbons (Fsp3) is 0.438. The number of unbranched alkanes of at least 4 members (excludes halogenated alkanes) is 1. The number of anilines is 1. The molecule has 10 nitrogen and oxygen atoms in total. The molecule has 0 unspecified atom stereocenters. The normalized spacial score (nSPS) is 11.2. The Morgan fingerprint density at radius 2 is 2.04 bits per heavy atom. The van der Waals surface area contributed by atoms with Crippen LogP contribution in [0, 0.1) is 0 Å². The van der Waals surface area contributed by atoms with E-state index >= 15 is 0 Å². The van der Waals surface area contributed by atoms with Gasteiger partial charge < -0.3 is 20.8 Å². The minimum Gasteiger partial charge on any atom is -0.463 e. The molecule has 138 valence electrons. The van der Waals surface area contributed by atoms with E-state index < -0.39 is 0 Å². The van der Waals surface area contributed by atoms with Crippen LogP contribution in [0.5, 0.6) is 6.01 Å². The third-order valence-electron chi connectivity index (χ3n) is 3.80. The molecule has 3 heterocycles. The van der Waals surface area contributed by atoms with Crippen LogP contribution in [0.4, 0.5) is 5.82 Å². The third kappa shape index (κ3) is 3.80. The van der Waals surface area contributed by atoms with Crippen LogP contribution in [-0.4, -0.2) is 43.1 Å². The summed E-state index contributed by atoms with van der Waals surface area (Å²) in [4.78, 5) is 32.1. The maximum Gasteiger partial charge on any atom is 0.328 e. The van der Waals surface area contributed by atoms with E-state index in [9.17, 15) is 4.79 Å². The van der Waals surface area contributed by atoms with Crippen molar-refractivity contribution in [1.29, 1.82) is 0 Å². The van der Waals surface area contributed by atoms with E-state index in [0.29, 0.717) is 30.0 Å². The molecule has 26 heavy (non-hydrogen) atoms. The number of nitrogens with zero attached hydrogens (tertiary/aromatic N) is 5. The van der Waals surface area contributed by atoms with Crippen LogP contribution in [0.1, 0.15) is 31.2 Å². The van der Waals surface area contributed by atoms with Crippen molar-refractivity contribution in [2.45, 2.75) is 32.9 Å². The van der Waals surface area contributed by atoms with Gasteiger partial charge in [-0.05, 0) is 13.5 Å². The number of hydrogen-bond acceptors (Lipinski definition) is 8. The van der Waals surface area contributed by atoms with Gasteiger partial charge in [0, 0.05) is 6.54 Å². The highest BCUT2D eigenvalue weighted by Crippen LogP contribution is 2.18. The molecule has 0 saturated carbocycles. The average molecular weight is 358 g/mol. The van der Waals surface area contributed by atoms with Crippen LogP contribution in [0.3, 0.4) is 0 Å². The number of nitrogens with two attached hydrogens (primary N) is 1. The Morgan fingerprint density at radius 3 is 2.73 bits per heavy atom. The van der Waals surface area contributed by atoms with E-state index in [1.807, 2.05) is 7.05 Å². The van der Waals surface area contributed by atoms with Crippen molar-refractivity contribution >= 4 is 17.0 Å². The number of aromatic nitrogens is 6. The van der Waals surface area contributed by atoms with Crippen molar-refractivity contribution in [2.24, 2.45) is 0 Å². The highest BCUT2D eigenvalue weighted by molar-refractivity contribution is 5.81. The predicted molar refractivity (Wildman–Crippen MR) is 96.9 cm³/mol. The van der Waals surface area contributed by atoms with Crippen molar-refractivity contribution in [3.63, 3.8) is 0 Å². The van der Waals surface area contributed by atoms with E-state index in [1.165, 1.54) is 4.57 Å². The van der Waals surface area contributed by atoms with Crippen LogP contribution in [0.25, 0.3) is 11.2 Å². The predicted octanol–water partition coefficient (Wildman–Crippen LogP) is 0.438. The van der Waals surface area contributed by atoms with Gasteiger partial charge in [-0.1, -0.05) is 13.3 Å². The van der Waals surface area contributed by atoms with Gasteiger partial charge in [0.15, 0.2) is 11.5 Å². The molecule has 0 spiro atoms. The fourth-order valence-corrected chi connectivity index (χ4v) is 2.45. The van der Waals surface area contributed by atoms with Crippen molar-refractivity contribution in [1.82, 2.24) is 34.8 Å². The molecule has 3 aromatic heterocycles. The number of ether oxygens (including phenoxy) is 1. The van der Waals surface area contributed by atoms with Crippen molar-refractivity contribution in [2.75, 3.05) is 19.4 Å². The molecule has 0 saturated heterocycles. The van der Waals surface area contributed by atoms with Crippen molar-refractivity contribution < 1.29 is 4.74 Å². The highest BCUT2D eigenvalue weighted by Gasteiger charge is 2.15. The van der Waals surface area contributed by atoms with Crippen LogP contribution < -0.4 is 21.5 Å². The molecule has 0 fully saturated rings. The minimum absolute atomic E-state index is 0.159. The van der Waals surface area contributed by atoms with Gasteiger partial charge in [-0.15, -0.1) is 0 Å². The average Bonchev–Trinajstić information content (AvgIpc) is 2.94. The summed E-state index contributed by atoms with van der Waals surface area (Å²) in [6, 6.07) is 0.159. The third-order valence-corrected chi connectivity index (χ3v) is 3.80. The zero-order valence-electron chi connectivity index (χ0n) is 14.8. The summed E-state index contributed by atoms with van der Waals surface area (Å²) in [6.45, 7) is 3.40. The second kappa shape index (κ2) is 7.91. The van der Waals surface area contributed by atoms with Gasteiger partial charge in [-0.2, -0.15) is 9.97 Å².